The first kappa shape index (κ1) is 23.5. The van der Waals surface area contributed by atoms with Crippen molar-refractivity contribution < 1.29 is 18.7 Å². The van der Waals surface area contributed by atoms with Crippen molar-refractivity contribution in [1.82, 2.24) is 19.9 Å². The highest BCUT2D eigenvalue weighted by atomic mass is 19.1. The molecular formula is C25H28FN5O3. The molecule has 1 aliphatic heterocycles. The number of unbranched alkanes of at least 4 members (excludes halogenated alkanes) is 2. The summed E-state index contributed by atoms with van der Waals surface area (Å²) in [6, 6.07) is 8.65. The number of ether oxygens (including phenoxy) is 2. The molecule has 0 aliphatic carbocycles. The third-order valence-corrected chi connectivity index (χ3v) is 5.87. The van der Waals surface area contributed by atoms with Crippen molar-refractivity contribution in [2.24, 2.45) is 0 Å². The van der Waals surface area contributed by atoms with Crippen molar-refractivity contribution >= 4 is 11.8 Å². The second kappa shape index (κ2) is 11.0. The van der Waals surface area contributed by atoms with E-state index in [9.17, 15) is 9.18 Å². The molecule has 4 heterocycles. The van der Waals surface area contributed by atoms with Crippen LogP contribution in [0.4, 0.5) is 10.2 Å². The number of methoxy groups -OCH3 is 1. The minimum Gasteiger partial charge on any atom is -0.493 e. The summed E-state index contributed by atoms with van der Waals surface area (Å²) in [5.74, 6) is 0.768. The Hall–Kier alpha value is -3.62. The average Bonchev–Trinajstić information content (AvgIpc) is 2.86. The van der Waals surface area contributed by atoms with Gasteiger partial charge in [-0.25, -0.2) is 15.0 Å². The lowest BCUT2D eigenvalue weighted by Crippen LogP contribution is -2.35. The van der Waals surface area contributed by atoms with Crippen molar-refractivity contribution in [3.8, 4) is 17.3 Å². The Morgan fingerprint density at radius 1 is 1.18 bits per heavy atom. The number of esters is 1. The number of halogens is 1. The van der Waals surface area contributed by atoms with Crippen molar-refractivity contribution in [2.75, 3.05) is 25.2 Å². The summed E-state index contributed by atoms with van der Waals surface area (Å²) >= 11 is 0. The van der Waals surface area contributed by atoms with E-state index in [2.05, 4.69) is 19.7 Å². The fraction of sp³-hybridized carbons (Fsp3) is 0.400. The number of rotatable bonds is 9. The Balaban J connectivity index is 1.41. The minimum absolute atomic E-state index is 0.0676. The molecule has 0 saturated carbocycles. The maximum atomic E-state index is 14.3. The molecule has 3 aromatic rings. The first-order valence-electron chi connectivity index (χ1n) is 11.5. The number of pyridine rings is 2. The smallest absolute Gasteiger partial charge is 0.305 e. The molecule has 3 aromatic heterocycles. The highest BCUT2D eigenvalue weighted by Gasteiger charge is 2.27. The first-order valence-corrected chi connectivity index (χ1v) is 11.5. The van der Waals surface area contributed by atoms with Crippen LogP contribution in [0.3, 0.4) is 0 Å². The van der Waals surface area contributed by atoms with Crippen molar-refractivity contribution in [1.29, 1.82) is 0 Å². The second-order valence-electron chi connectivity index (χ2n) is 8.15. The molecule has 1 atom stereocenters. The summed E-state index contributed by atoms with van der Waals surface area (Å²) in [6.07, 6.45) is 6.97. The van der Waals surface area contributed by atoms with Crippen LogP contribution < -0.4 is 9.64 Å². The SMILES string of the molecule is COC(=O)CCCCCOc1cc(F)nc(N2CCc3nc(-c4ccccn4)ncc3C2C)c1. The van der Waals surface area contributed by atoms with E-state index < -0.39 is 5.95 Å². The van der Waals surface area contributed by atoms with E-state index in [-0.39, 0.29) is 12.0 Å². The van der Waals surface area contributed by atoms with E-state index >= 15 is 0 Å². The van der Waals surface area contributed by atoms with Gasteiger partial charge in [-0.2, -0.15) is 4.39 Å². The van der Waals surface area contributed by atoms with Gasteiger partial charge in [-0.3, -0.25) is 9.78 Å². The van der Waals surface area contributed by atoms with Crippen LogP contribution >= 0.6 is 0 Å². The van der Waals surface area contributed by atoms with Crippen LogP contribution in [0, 0.1) is 5.95 Å². The third kappa shape index (κ3) is 5.65. The highest BCUT2D eigenvalue weighted by Crippen LogP contribution is 2.33. The van der Waals surface area contributed by atoms with Crippen LogP contribution in [0.1, 0.15) is 49.9 Å². The van der Waals surface area contributed by atoms with Gasteiger partial charge in [-0.1, -0.05) is 6.07 Å². The van der Waals surface area contributed by atoms with E-state index in [4.69, 9.17) is 9.72 Å². The highest BCUT2D eigenvalue weighted by molar-refractivity contribution is 5.68. The maximum Gasteiger partial charge on any atom is 0.305 e. The van der Waals surface area contributed by atoms with Gasteiger partial charge in [-0.05, 0) is 38.3 Å². The molecule has 178 valence electrons. The first-order chi connectivity index (χ1) is 16.5. The van der Waals surface area contributed by atoms with E-state index in [1.54, 1.807) is 12.3 Å². The standard InChI is InChI=1S/C25H28FN5O3/c1-17-19-16-28-25(21-8-5-6-11-27-21)29-20(19)10-12-31(17)23-15-18(14-22(26)30-23)34-13-7-3-4-9-24(32)33-2/h5-6,8,11,14-17H,3-4,7,9-10,12-13H2,1-2H3. The summed E-state index contributed by atoms with van der Waals surface area (Å²) in [7, 11) is 1.38. The summed E-state index contributed by atoms with van der Waals surface area (Å²) in [4.78, 5) is 30.9. The third-order valence-electron chi connectivity index (χ3n) is 5.87. The number of hydrogen-bond acceptors (Lipinski definition) is 8. The molecule has 0 N–H and O–H groups in total. The number of anilines is 1. The Kier molecular flexibility index (Phi) is 7.61. The summed E-state index contributed by atoms with van der Waals surface area (Å²) in [5.41, 5.74) is 2.70. The van der Waals surface area contributed by atoms with Crippen LogP contribution in [-0.4, -0.2) is 46.2 Å². The Morgan fingerprint density at radius 3 is 2.85 bits per heavy atom. The molecule has 1 aliphatic rings. The van der Waals surface area contributed by atoms with Gasteiger partial charge in [-0.15, -0.1) is 0 Å². The number of aromatic nitrogens is 4. The fourth-order valence-corrected chi connectivity index (χ4v) is 4.03. The zero-order chi connectivity index (χ0) is 23.9. The normalized spacial score (nSPS) is 15.0. The van der Waals surface area contributed by atoms with Gasteiger partial charge < -0.3 is 14.4 Å². The molecule has 0 amide bonds. The number of hydrogen-bond donors (Lipinski definition) is 0. The Labute approximate surface area is 198 Å². The van der Waals surface area contributed by atoms with Crippen LogP contribution in [-0.2, 0) is 16.0 Å². The van der Waals surface area contributed by atoms with Gasteiger partial charge in [0, 0.05) is 49.5 Å². The monoisotopic (exact) mass is 465 g/mol. The topological polar surface area (TPSA) is 90.3 Å². The lowest BCUT2D eigenvalue weighted by Gasteiger charge is -2.35. The Bertz CT molecular complexity index is 1130. The zero-order valence-corrected chi connectivity index (χ0v) is 19.4. The predicted molar refractivity (Wildman–Crippen MR) is 125 cm³/mol. The van der Waals surface area contributed by atoms with Gasteiger partial charge in [0.1, 0.15) is 17.3 Å². The van der Waals surface area contributed by atoms with E-state index in [1.807, 2.05) is 36.2 Å². The van der Waals surface area contributed by atoms with Crippen LogP contribution in [0.2, 0.25) is 0 Å². The molecule has 9 heteroatoms. The number of carbonyl (C=O) groups excluding carboxylic acids is 1. The largest absolute Gasteiger partial charge is 0.493 e. The van der Waals surface area contributed by atoms with Crippen LogP contribution in [0.25, 0.3) is 11.5 Å². The number of nitrogens with zero attached hydrogens (tertiary/aromatic N) is 5. The fourth-order valence-electron chi connectivity index (χ4n) is 4.03. The predicted octanol–water partition coefficient (Wildman–Crippen LogP) is 4.31. The molecule has 8 nitrogen and oxygen atoms in total. The van der Waals surface area contributed by atoms with Crippen LogP contribution in [0.15, 0.2) is 42.7 Å². The lowest BCUT2D eigenvalue weighted by molar-refractivity contribution is -0.140. The summed E-state index contributed by atoms with van der Waals surface area (Å²) in [6.45, 7) is 3.12. The van der Waals surface area contributed by atoms with Crippen molar-refractivity contribution in [3.05, 3.63) is 59.9 Å². The average molecular weight is 466 g/mol. The van der Waals surface area contributed by atoms with E-state index in [1.165, 1.54) is 13.2 Å². The molecule has 0 saturated heterocycles. The second-order valence-corrected chi connectivity index (χ2v) is 8.15. The van der Waals surface area contributed by atoms with Crippen molar-refractivity contribution in [2.45, 2.75) is 45.1 Å². The van der Waals surface area contributed by atoms with Gasteiger partial charge >= 0.3 is 5.97 Å². The van der Waals surface area contributed by atoms with Crippen molar-refractivity contribution in [3.63, 3.8) is 0 Å². The van der Waals surface area contributed by atoms with Crippen LogP contribution in [0.5, 0.6) is 5.75 Å². The van der Waals surface area contributed by atoms with E-state index in [0.717, 1.165) is 36.2 Å². The molecule has 4 rings (SSSR count). The number of fused-ring (bicyclic) bond motifs is 1. The number of carbonyl (C=O) groups is 1. The lowest BCUT2D eigenvalue weighted by atomic mass is 9.99. The molecule has 0 spiro atoms. The maximum absolute atomic E-state index is 14.3. The quantitative estimate of drug-likeness (QED) is 0.262. The molecule has 1 unspecified atom stereocenters. The molecule has 0 aromatic carbocycles. The molecule has 0 radical (unpaired) electrons. The Morgan fingerprint density at radius 2 is 2.06 bits per heavy atom. The van der Waals surface area contributed by atoms with E-state index in [0.29, 0.717) is 43.4 Å². The zero-order valence-electron chi connectivity index (χ0n) is 19.4. The summed E-state index contributed by atoms with van der Waals surface area (Å²) in [5, 5.41) is 0. The molecule has 0 fully saturated rings. The van der Waals surface area contributed by atoms with Gasteiger partial charge in [0.25, 0.3) is 0 Å². The van der Waals surface area contributed by atoms with Gasteiger partial charge in [0.05, 0.1) is 25.5 Å². The summed E-state index contributed by atoms with van der Waals surface area (Å²) < 4.78 is 24.7. The minimum atomic E-state index is -0.585. The molecular weight excluding hydrogens is 437 g/mol. The molecule has 34 heavy (non-hydrogen) atoms. The van der Waals surface area contributed by atoms with Gasteiger partial charge in [0.2, 0.25) is 5.95 Å². The van der Waals surface area contributed by atoms with Gasteiger partial charge in [0.15, 0.2) is 5.82 Å². The molecule has 0 bridgehead atoms.